The van der Waals surface area contributed by atoms with Crippen LogP contribution in [0, 0.1) is 0 Å². The third kappa shape index (κ3) is 2.38. The quantitative estimate of drug-likeness (QED) is 0.800. The van der Waals surface area contributed by atoms with E-state index in [-0.39, 0.29) is 12.0 Å². The third-order valence-corrected chi connectivity index (χ3v) is 2.69. The van der Waals surface area contributed by atoms with Crippen LogP contribution in [-0.4, -0.2) is 25.9 Å². The average Bonchev–Trinajstić information content (AvgIpc) is 2.87. The van der Waals surface area contributed by atoms with Crippen LogP contribution in [0.25, 0.3) is 0 Å². The summed E-state index contributed by atoms with van der Waals surface area (Å²) in [4.78, 5) is 11.3. The summed E-state index contributed by atoms with van der Waals surface area (Å²) in [7, 11) is 2.98. The second-order valence-corrected chi connectivity index (χ2v) is 3.71. The summed E-state index contributed by atoms with van der Waals surface area (Å²) in [5, 5.41) is 3.97. The van der Waals surface area contributed by atoms with Crippen molar-refractivity contribution in [3.05, 3.63) is 29.8 Å². The maximum absolute atomic E-state index is 11.3. The van der Waals surface area contributed by atoms with E-state index < -0.39 is 0 Å². The maximum Gasteiger partial charge on any atom is 0.354 e. The largest absolute Gasteiger partial charge is 0.497 e. The smallest absolute Gasteiger partial charge is 0.354 e. The highest BCUT2D eigenvalue weighted by atomic mass is 16.5. The van der Waals surface area contributed by atoms with Gasteiger partial charge in [0.15, 0.2) is 0 Å². The van der Waals surface area contributed by atoms with E-state index in [9.17, 15) is 4.79 Å². The Balaban J connectivity index is 2.04. The lowest BCUT2D eigenvalue weighted by molar-refractivity contribution is -0.132. The molecule has 17 heavy (non-hydrogen) atoms. The fourth-order valence-electron chi connectivity index (χ4n) is 1.72. The van der Waals surface area contributed by atoms with E-state index in [1.165, 1.54) is 7.11 Å². The topological polar surface area (TPSA) is 59.9 Å². The Labute approximate surface area is 99.4 Å². The molecule has 1 atom stereocenters. The van der Waals surface area contributed by atoms with Gasteiger partial charge in [0.25, 0.3) is 0 Å². The van der Waals surface area contributed by atoms with E-state index in [1.54, 1.807) is 7.11 Å². The van der Waals surface area contributed by atoms with Crippen molar-refractivity contribution in [2.75, 3.05) is 14.2 Å². The first-order valence-electron chi connectivity index (χ1n) is 5.29. The Morgan fingerprint density at radius 1 is 1.35 bits per heavy atom. The van der Waals surface area contributed by atoms with Crippen LogP contribution >= 0.6 is 0 Å². The SMILES string of the molecule is COC(=O)C1=NN[C@@H](c2ccc(OC)cc2)C1. The van der Waals surface area contributed by atoms with Crippen LogP contribution in [0.4, 0.5) is 0 Å². The van der Waals surface area contributed by atoms with Crippen LogP contribution in [0.15, 0.2) is 29.4 Å². The minimum absolute atomic E-state index is 0.0232. The first kappa shape index (κ1) is 11.4. The molecule has 1 aromatic carbocycles. The number of hydrogen-bond acceptors (Lipinski definition) is 5. The van der Waals surface area contributed by atoms with E-state index in [0.29, 0.717) is 12.1 Å². The molecular weight excluding hydrogens is 220 g/mol. The number of hydrogen-bond donors (Lipinski definition) is 1. The molecule has 90 valence electrons. The first-order valence-corrected chi connectivity index (χ1v) is 5.29. The normalized spacial score (nSPS) is 18.2. The Kier molecular flexibility index (Phi) is 3.27. The second-order valence-electron chi connectivity index (χ2n) is 3.71. The molecular formula is C12H14N2O3. The van der Waals surface area contributed by atoms with Gasteiger partial charge < -0.3 is 14.9 Å². The molecule has 0 radical (unpaired) electrons. The number of nitrogens with zero attached hydrogens (tertiary/aromatic N) is 1. The van der Waals surface area contributed by atoms with Crippen molar-refractivity contribution in [2.45, 2.75) is 12.5 Å². The standard InChI is InChI=1S/C12H14N2O3/c1-16-9-5-3-8(4-6-9)10-7-11(14-13-10)12(15)17-2/h3-6,10,13H,7H2,1-2H3/t10-/m1/s1. The van der Waals surface area contributed by atoms with Crippen molar-refractivity contribution in [1.82, 2.24) is 5.43 Å². The molecule has 1 heterocycles. The van der Waals surface area contributed by atoms with Crippen LogP contribution in [0.5, 0.6) is 5.75 Å². The Morgan fingerprint density at radius 2 is 2.06 bits per heavy atom. The minimum Gasteiger partial charge on any atom is -0.497 e. The monoisotopic (exact) mass is 234 g/mol. The van der Waals surface area contributed by atoms with Crippen molar-refractivity contribution < 1.29 is 14.3 Å². The van der Waals surface area contributed by atoms with E-state index in [4.69, 9.17) is 4.74 Å². The molecule has 0 saturated carbocycles. The molecule has 5 heteroatoms. The molecule has 1 N–H and O–H groups in total. The Morgan fingerprint density at radius 3 is 2.65 bits per heavy atom. The number of carbonyl (C=O) groups excluding carboxylic acids is 1. The highest BCUT2D eigenvalue weighted by molar-refractivity contribution is 6.36. The molecule has 5 nitrogen and oxygen atoms in total. The number of methoxy groups -OCH3 is 2. The molecule has 1 aromatic rings. The van der Waals surface area contributed by atoms with E-state index >= 15 is 0 Å². The van der Waals surface area contributed by atoms with Crippen molar-refractivity contribution in [3.8, 4) is 5.75 Å². The summed E-state index contributed by atoms with van der Waals surface area (Å²) in [6.45, 7) is 0. The highest BCUT2D eigenvalue weighted by Crippen LogP contribution is 2.23. The molecule has 0 aliphatic carbocycles. The number of ether oxygens (including phenoxy) is 2. The molecule has 0 fully saturated rings. The summed E-state index contributed by atoms with van der Waals surface area (Å²) >= 11 is 0. The van der Waals surface area contributed by atoms with E-state index in [1.807, 2.05) is 24.3 Å². The molecule has 0 unspecified atom stereocenters. The fraction of sp³-hybridized carbons (Fsp3) is 0.333. The van der Waals surface area contributed by atoms with Crippen LogP contribution < -0.4 is 10.2 Å². The Bertz CT molecular complexity index is 440. The van der Waals surface area contributed by atoms with Crippen LogP contribution in [0.2, 0.25) is 0 Å². The fourth-order valence-corrected chi connectivity index (χ4v) is 1.72. The van der Waals surface area contributed by atoms with Crippen LogP contribution in [0.3, 0.4) is 0 Å². The number of esters is 1. The zero-order valence-corrected chi connectivity index (χ0v) is 9.77. The van der Waals surface area contributed by atoms with Gasteiger partial charge in [-0.1, -0.05) is 12.1 Å². The van der Waals surface area contributed by atoms with Gasteiger partial charge in [0.1, 0.15) is 11.5 Å². The predicted octanol–water partition coefficient (Wildman–Crippen LogP) is 1.26. The lowest BCUT2D eigenvalue weighted by atomic mass is 10.0. The zero-order chi connectivity index (χ0) is 12.3. The number of carbonyl (C=O) groups is 1. The summed E-state index contributed by atoms with van der Waals surface area (Å²) < 4.78 is 9.71. The van der Waals surface area contributed by atoms with Gasteiger partial charge in [-0.25, -0.2) is 4.79 Å². The second kappa shape index (κ2) is 4.86. The van der Waals surface area contributed by atoms with Gasteiger partial charge in [0, 0.05) is 6.42 Å². The first-order chi connectivity index (χ1) is 8.24. The Hall–Kier alpha value is -2.04. The molecule has 2 rings (SSSR count). The number of rotatable bonds is 3. The van der Waals surface area contributed by atoms with Gasteiger partial charge in [-0.05, 0) is 17.7 Å². The lowest BCUT2D eigenvalue weighted by Gasteiger charge is -2.10. The van der Waals surface area contributed by atoms with Gasteiger partial charge >= 0.3 is 5.97 Å². The van der Waals surface area contributed by atoms with Crippen molar-refractivity contribution >= 4 is 11.7 Å². The molecule has 0 amide bonds. The predicted molar refractivity (Wildman–Crippen MR) is 62.9 cm³/mol. The van der Waals surface area contributed by atoms with Crippen LogP contribution in [-0.2, 0) is 9.53 Å². The molecule has 1 aliphatic heterocycles. The van der Waals surface area contributed by atoms with Crippen molar-refractivity contribution in [3.63, 3.8) is 0 Å². The lowest BCUT2D eigenvalue weighted by Crippen LogP contribution is -2.14. The summed E-state index contributed by atoms with van der Waals surface area (Å²) in [6, 6.07) is 7.69. The van der Waals surface area contributed by atoms with Gasteiger partial charge in [0.05, 0.1) is 20.3 Å². The van der Waals surface area contributed by atoms with Gasteiger partial charge in [-0.3, -0.25) is 0 Å². The number of hydrazone groups is 1. The summed E-state index contributed by atoms with van der Waals surface area (Å²) in [6.07, 6.45) is 0.541. The van der Waals surface area contributed by atoms with Crippen molar-refractivity contribution in [1.29, 1.82) is 0 Å². The van der Waals surface area contributed by atoms with Crippen molar-refractivity contribution in [2.24, 2.45) is 5.10 Å². The van der Waals surface area contributed by atoms with E-state index in [2.05, 4.69) is 15.3 Å². The summed E-state index contributed by atoms with van der Waals surface area (Å²) in [5.74, 6) is 0.425. The molecule has 0 bridgehead atoms. The highest BCUT2D eigenvalue weighted by Gasteiger charge is 2.25. The molecule has 1 aliphatic rings. The average molecular weight is 234 g/mol. The van der Waals surface area contributed by atoms with E-state index in [0.717, 1.165) is 11.3 Å². The summed E-state index contributed by atoms with van der Waals surface area (Å²) in [5.41, 5.74) is 4.41. The maximum atomic E-state index is 11.3. The zero-order valence-electron chi connectivity index (χ0n) is 9.77. The molecule has 0 aromatic heterocycles. The van der Waals surface area contributed by atoms with Gasteiger partial charge in [0.2, 0.25) is 0 Å². The molecule has 0 spiro atoms. The number of benzene rings is 1. The minimum atomic E-state index is -0.381. The number of nitrogens with one attached hydrogen (secondary N) is 1. The van der Waals surface area contributed by atoms with Crippen LogP contribution in [0.1, 0.15) is 18.0 Å². The van der Waals surface area contributed by atoms with Gasteiger partial charge in [-0.15, -0.1) is 0 Å². The molecule has 0 saturated heterocycles. The van der Waals surface area contributed by atoms with Gasteiger partial charge in [-0.2, -0.15) is 5.10 Å². The third-order valence-electron chi connectivity index (χ3n) is 2.69.